The zero-order valence-electron chi connectivity index (χ0n) is 8.05. The normalized spacial score (nSPS) is 10.5. The van der Waals surface area contributed by atoms with Crippen LogP contribution >= 0.6 is 0 Å². The number of hydrogen-bond donors (Lipinski definition) is 1. The molecule has 0 aliphatic rings. The van der Waals surface area contributed by atoms with Crippen LogP contribution in [-0.4, -0.2) is 32.1 Å². The van der Waals surface area contributed by atoms with Crippen molar-refractivity contribution in [3.8, 4) is 0 Å². The molecule has 1 aromatic rings. The summed E-state index contributed by atoms with van der Waals surface area (Å²) in [7, 11) is 4.01. The van der Waals surface area contributed by atoms with Gasteiger partial charge in [-0.15, -0.1) is 0 Å². The summed E-state index contributed by atoms with van der Waals surface area (Å²) in [5, 5.41) is 3.14. The van der Waals surface area contributed by atoms with E-state index in [4.69, 9.17) is 0 Å². The lowest BCUT2D eigenvalue weighted by molar-refractivity contribution is 0.425. The van der Waals surface area contributed by atoms with E-state index in [1.165, 1.54) is 12.1 Å². The summed E-state index contributed by atoms with van der Waals surface area (Å²) in [4.78, 5) is 2.08. The third kappa shape index (κ3) is 3.90. The molecule has 13 heavy (non-hydrogen) atoms. The molecule has 1 rings (SSSR count). The highest BCUT2D eigenvalue weighted by molar-refractivity contribution is 5.42. The van der Waals surface area contributed by atoms with Crippen molar-refractivity contribution in [2.45, 2.75) is 0 Å². The molecule has 0 aromatic heterocycles. The molecule has 0 saturated heterocycles. The third-order valence-corrected chi connectivity index (χ3v) is 1.71. The van der Waals surface area contributed by atoms with Gasteiger partial charge in [0.1, 0.15) is 5.82 Å². The Morgan fingerprint density at radius 1 is 1.38 bits per heavy atom. The monoisotopic (exact) mass is 182 g/mol. The molecule has 1 aromatic carbocycles. The largest absolute Gasteiger partial charge is 0.384 e. The predicted molar refractivity (Wildman–Crippen MR) is 53.4 cm³/mol. The van der Waals surface area contributed by atoms with Gasteiger partial charge in [-0.1, -0.05) is 6.07 Å². The van der Waals surface area contributed by atoms with Crippen molar-refractivity contribution in [2.75, 3.05) is 32.5 Å². The smallest absolute Gasteiger partial charge is 0.125 e. The maximum Gasteiger partial charge on any atom is 0.125 e. The number of hydrogen-bond acceptors (Lipinski definition) is 2. The maximum atomic E-state index is 12.7. The van der Waals surface area contributed by atoms with E-state index in [0.29, 0.717) is 0 Å². The van der Waals surface area contributed by atoms with Crippen molar-refractivity contribution >= 4 is 5.69 Å². The van der Waals surface area contributed by atoms with Gasteiger partial charge < -0.3 is 10.2 Å². The highest BCUT2D eigenvalue weighted by atomic mass is 19.1. The fourth-order valence-electron chi connectivity index (χ4n) is 1.02. The first-order chi connectivity index (χ1) is 6.18. The molecule has 0 atom stereocenters. The van der Waals surface area contributed by atoms with E-state index >= 15 is 0 Å². The van der Waals surface area contributed by atoms with E-state index in [0.717, 1.165) is 18.8 Å². The van der Waals surface area contributed by atoms with Crippen molar-refractivity contribution in [1.82, 2.24) is 4.90 Å². The molecule has 0 aliphatic carbocycles. The summed E-state index contributed by atoms with van der Waals surface area (Å²) in [6.45, 7) is 1.77. The second-order valence-corrected chi connectivity index (χ2v) is 3.24. The highest BCUT2D eigenvalue weighted by Crippen LogP contribution is 2.07. The molecule has 0 spiro atoms. The van der Waals surface area contributed by atoms with E-state index in [2.05, 4.69) is 10.2 Å². The Kier molecular flexibility index (Phi) is 3.71. The zero-order chi connectivity index (χ0) is 9.68. The van der Waals surface area contributed by atoms with Crippen molar-refractivity contribution < 1.29 is 4.39 Å². The Bertz CT molecular complexity index is 261. The molecule has 0 radical (unpaired) electrons. The lowest BCUT2D eigenvalue weighted by Gasteiger charge is -2.11. The predicted octanol–water partition coefficient (Wildman–Crippen LogP) is 1.80. The lowest BCUT2D eigenvalue weighted by Crippen LogP contribution is -2.20. The van der Waals surface area contributed by atoms with E-state index in [9.17, 15) is 4.39 Å². The second-order valence-electron chi connectivity index (χ2n) is 3.24. The minimum atomic E-state index is -0.199. The standard InChI is InChI=1S/C10H15FN2/c1-13(2)7-6-12-10-5-3-4-9(11)8-10/h3-5,8,12H,6-7H2,1-2H3. The van der Waals surface area contributed by atoms with Crippen LogP contribution in [0.25, 0.3) is 0 Å². The van der Waals surface area contributed by atoms with Crippen LogP contribution in [0.1, 0.15) is 0 Å². The average Bonchev–Trinajstić information content (AvgIpc) is 2.03. The van der Waals surface area contributed by atoms with Crippen LogP contribution in [-0.2, 0) is 0 Å². The Hall–Kier alpha value is -1.09. The summed E-state index contributed by atoms with van der Waals surface area (Å²) >= 11 is 0. The summed E-state index contributed by atoms with van der Waals surface area (Å²) in [5.41, 5.74) is 0.835. The fourth-order valence-corrected chi connectivity index (χ4v) is 1.02. The third-order valence-electron chi connectivity index (χ3n) is 1.71. The summed E-state index contributed by atoms with van der Waals surface area (Å²) in [6.07, 6.45) is 0. The van der Waals surface area contributed by atoms with E-state index in [-0.39, 0.29) is 5.82 Å². The Balaban J connectivity index is 2.37. The minimum absolute atomic E-state index is 0.199. The van der Waals surface area contributed by atoms with E-state index in [1.807, 2.05) is 20.2 Å². The van der Waals surface area contributed by atoms with Gasteiger partial charge in [0.25, 0.3) is 0 Å². The van der Waals surface area contributed by atoms with Gasteiger partial charge in [-0.3, -0.25) is 0 Å². The number of benzene rings is 1. The molecule has 2 nitrogen and oxygen atoms in total. The summed E-state index contributed by atoms with van der Waals surface area (Å²) in [6, 6.07) is 6.50. The minimum Gasteiger partial charge on any atom is -0.384 e. The van der Waals surface area contributed by atoms with Crippen molar-refractivity contribution in [1.29, 1.82) is 0 Å². The van der Waals surface area contributed by atoms with Gasteiger partial charge in [-0.2, -0.15) is 0 Å². The van der Waals surface area contributed by atoms with Crippen molar-refractivity contribution in [3.63, 3.8) is 0 Å². The molecule has 0 heterocycles. The van der Waals surface area contributed by atoms with E-state index < -0.39 is 0 Å². The number of rotatable bonds is 4. The van der Waals surface area contributed by atoms with Crippen molar-refractivity contribution in [3.05, 3.63) is 30.1 Å². The molecule has 72 valence electrons. The Morgan fingerprint density at radius 3 is 2.77 bits per heavy atom. The van der Waals surface area contributed by atoms with Crippen LogP contribution in [0.2, 0.25) is 0 Å². The molecule has 0 bridgehead atoms. The number of nitrogens with one attached hydrogen (secondary N) is 1. The Morgan fingerprint density at radius 2 is 2.15 bits per heavy atom. The zero-order valence-corrected chi connectivity index (χ0v) is 8.05. The van der Waals surface area contributed by atoms with Crippen LogP contribution in [0.15, 0.2) is 24.3 Å². The SMILES string of the molecule is CN(C)CCNc1cccc(F)c1. The second kappa shape index (κ2) is 4.82. The van der Waals surface area contributed by atoms with Crippen LogP contribution in [0.4, 0.5) is 10.1 Å². The van der Waals surface area contributed by atoms with Gasteiger partial charge in [-0.05, 0) is 32.3 Å². The van der Waals surface area contributed by atoms with Crippen LogP contribution in [0, 0.1) is 5.82 Å². The molecule has 0 saturated carbocycles. The summed E-state index contributed by atoms with van der Waals surface area (Å²) in [5.74, 6) is -0.199. The average molecular weight is 182 g/mol. The molecular weight excluding hydrogens is 167 g/mol. The highest BCUT2D eigenvalue weighted by Gasteiger charge is 1.94. The van der Waals surface area contributed by atoms with Crippen LogP contribution in [0.3, 0.4) is 0 Å². The molecule has 0 aliphatic heterocycles. The first kappa shape index (κ1) is 9.99. The van der Waals surface area contributed by atoms with Gasteiger partial charge in [-0.25, -0.2) is 4.39 Å². The molecule has 0 fully saturated rings. The lowest BCUT2D eigenvalue weighted by atomic mass is 10.3. The molecular formula is C10H15FN2. The molecule has 1 N–H and O–H groups in total. The first-order valence-electron chi connectivity index (χ1n) is 4.32. The topological polar surface area (TPSA) is 15.3 Å². The quantitative estimate of drug-likeness (QED) is 0.763. The van der Waals surface area contributed by atoms with Gasteiger partial charge >= 0.3 is 0 Å². The maximum absolute atomic E-state index is 12.7. The van der Waals surface area contributed by atoms with Gasteiger partial charge in [0.2, 0.25) is 0 Å². The van der Waals surface area contributed by atoms with Crippen LogP contribution < -0.4 is 5.32 Å². The Labute approximate surface area is 78.4 Å². The number of anilines is 1. The van der Waals surface area contributed by atoms with Crippen molar-refractivity contribution in [2.24, 2.45) is 0 Å². The van der Waals surface area contributed by atoms with E-state index in [1.54, 1.807) is 6.07 Å². The van der Waals surface area contributed by atoms with Gasteiger partial charge in [0.15, 0.2) is 0 Å². The first-order valence-corrected chi connectivity index (χ1v) is 4.32. The van der Waals surface area contributed by atoms with Gasteiger partial charge in [0, 0.05) is 18.8 Å². The number of nitrogens with zero attached hydrogens (tertiary/aromatic N) is 1. The molecule has 0 amide bonds. The number of likely N-dealkylation sites (N-methyl/N-ethyl adjacent to an activating group) is 1. The summed E-state index contributed by atoms with van der Waals surface area (Å²) < 4.78 is 12.7. The van der Waals surface area contributed by atoms with Gasteiger partial charge in [0.05, 0.1) is 0 Å². The molecule has 3 heteroatoms. The molecule has 0 unspecified atom stereocenters. The van der Waals surface area contributed by atoms with Crippen LogP contribution in [0.5, 0.6) is 0 Å². The number of halogens is 1. The fraction of sp³-hybridized carbons (Fsp3) is 0.400.